The fourth-order valence-electron chi connectivity index (χ4n) is 1.72. The maximum absolute atomic E-state index is 10.9. The number of hydrogen-bond donors (Lipinski definition) is 0. The minimum atomic E-state index is -3.63. The lowest BCUT2D eigenvalue weighted by Crippen LogP contribution is -1.98. The van der Waals surface area contributed by atoms with Gasteiger partial charge in [0.2, 0.25) is 0 Å². The maximum atomic E-state index is 10.9. The largest absolute Gasteiger partial charge is 0.325 e. The van der Waals surface area contributed by atoms with Gasteiger partial charge >= 0.3 is 10.1 Å². The van der Waals surface area contributed by atoms with Crippen molar-refractivity contribution in [2.24, 2.45) is 5.16 Å². The van der Waals surface area contributed by atoms with Crippen molar-refractivity contribution in [1.82, 2.24) is 0 Å². The Morgan fingerprint density at radius 3 is 2.67 bits per heavy atom. The van der Waals surface area contributed by atoms with Gasteiger partial charge in [0.05, 0.1) is 11.8 Å². The van der Waals surface area contributed by atoms with Gasteiger partial charge in [-0.3, -0.25) is 4.28 Å². The van der Waals surface area contributed by atoms with E-state index in [1.54, 1.807) is 12.2 Å². The molecule has 1 heterocycles. The van der Waals surface area contributed by atoms with Crippen molar-refractivity contribution in [3.63, 3.8) is 0 Å². The molecule has 0 spiro atoms. The van der Waals surface area contributed by atoms with Crippen LogP contribution < -0.4 is 0 Å². The molecule has 1 aliphatic heterocycles. The van der Waals surface area contributed by atoms with Crippen LogP contribution in [0.15, 0.2) is 46.5 Å². The van der Waals surface area contributed by atoms with Crippen LogP contribution in [0.3, 0.4) is 0 Å². The van der Waals surface area contributed by atoms with Crippen molar-refractivity contribution in [1.29, 1.82) is 5.26 Å². The van der Waals surface area contributed by atoms with Crippen molar-refractivity contribution in [3.05, 3.63) is 52.4 Å². The summed E-state index contributed by atoms with van der Waals surface area (Å²) in [7, 11) is -3.63. The molecule has 1 aromatic rings. The van der Waals surface area contributed by atoms with Gasteiger partial charge < -0.3 is 0 Å². The molecule has 0 bridgehead atoms. The molecule has 0 fully saturated rings. The van der Waals surface area contributed by atoms with Gasteiger partial charge in [-0.2, -0.15) is 13.7 Å². The number of benzene rings is 1. The molecular weight excluding hydrogens is 308 g/mol. The van der Waals surface area contributed by atoms with Crippen molar-refractivity contribution in [2.75, 3.05) is 6.26 Å². The zero-order valence-electron chi connectivity index (χ0n) is 11.4. The Labute approximate surface area is 127 Å². The number of hydrogen-bond acceptors (Lipinski definition) is 6. The van der Waals surface area contributed by atoms with Crippen molar-refractivity contribution in [2.45, 2.75) is 6.92 Å². The average Bonchev–Trinajstić information content (AvgIpc) is 2.87. The third-order valence-corrected chi connectivity index (χ3v) is 3.95. The highest BCUT2D eigenvalue weighted by molar-refractivity contribution is 8.18. The predicted molar refractivity (Wildman–Crippen MR) is 83.8 cm³/mol. The Morgan fingerprint density at radius 1 is 1.33 bits per heavy atom. The van der Waals surface area contributed by atoms with Gasteiger partial charge in [-0.25, -0.2) is 0 Å². The third kappa shape index (κ3) is 3.97. The van der Waals surface area contributed by atoms with Crippen LogP contribution in [-0.4, -0.2) is 19.7 Å². The smallest absolute Gasteiger partial charge is 0.268 e. The molecule has 7 heteroatoms. The average molecular weight is 320 g/mol. The molecule has 0 aliphatic carbocycles. The monoisotopic (exact) mass is 320 g/mol. The van der Waals surface area contributed by atoms with Gasteiger partial charge in [-0.15, -0.1) is 0 Å². The second kappa shape index (κ2) is 6.16. The molecule has 2 rings (SSSR count). The Kier molecular flexibility index (Phi) is 4.50. The Balaban J connectivity index is 2.32. The molecule has 1 aromatic carbocycles. The van der Waals surface area contributed by atoms with Crippen LogP contribution in [0.4, 0.5) is 0 Å². The highest BCUT2D eigenvalue weighted by atomic mass is 32.2. The number of oxime groups is 1. The van der Waals surface area contributed by atoms with Crippen molar-refractivity contribution >= 4 is 32.5 Å². The first-order valence-corrected chi connectivity index (χ1v) is 8.57. The molecule has 0 aromatic heterocycles. The van der Waals surface area contributed by atoms with E-state index in [2.05, 4.69) is 15.5 Å². The number of nitrogens with zero attached hydrogens (tertiary/aromatic N) is 2. The summed E-state index contributed by atoms with van der Waals surface area (Å²) >= 11 is 1.19. The Morgan fingerprint density at radius 2 is 2.05 bits per heavy atom. The SMILES string of the molecule is Cc1ccccc1/C(C#N)=C1C=C/C(=N\OS(C)(=O)=O)S\1. The summed E-state index contributed by atoms with van der Waals surface area (Å²) in [6.07, 6.45) is 4.26. The fourth-order valence-corrected chi connectivity index (χ4v) is 2.81. The van der Waals surface area contributed by atoms with Gasteiger partial charge in [0, 0.05) is 4.91 Å². The van der Waals surface area contributed by atoms with Crippen LogP contribution in [0.25, 0.3) is 5.57 Å². The van der Waals surface area contributed by atoms with Crippen LogP contribution in [0.1, 0.15) is 11.1 Å². The van der Waals surface area contributed by atoms with E-state index in [0.29, 0.717) is 15.5 Å². The number of allylic oxidation sites excluding steroid dienone is 2. The molecule has 0 saturated carbocycles. The summed E-state index contributed by atoms with van der Waals surface area (Å²) in [4.78, 5) is 0.711. The van der Waals surface area contributed by atoms with E-state index < -0.39 is 10.1 Å². The zero-order chi connectivity index (χ0) is 15.5. The van der Waals surface area contributed by atoms with Crippen molar-refractivity contribution in [3.8, 4) is 6.07 Å². The molecule has 21 heavy (non-hydrogen) atoms. The lowest BCUT2D eigenvalue weighted by Gasteiger charge is -2.05. The third-order valence-electron chi connectivity index (χ3n) is 2.63. The standard InChI is InChI=1S/C14H12N2O3S2/c1-10-5-3-4-6-11(10)12(9-15)13-7-8-14(20-13)16-19-21(2,17)18/h3-8H,1-2H3/b13-12+,16-14+. The van der Waals surface area contributed by atoms with E-state index in [1.165, 1.54) is 11.8 Å². The molecule has 0 atom stereocenters. The minimum Gasteiger partial charge on any atom is -0.268 e. The predicted octanol–water partition coefficient (Wildman–Crippen LogP) is 2.82. The summed E-state index contributed by atoms with van der Waals surface area (Å²) in [5.41, 5.74) is 2.37. The first kappa shape index (κ1) is 15.4. The number of aryl methyl sites for hydroxylation is 1. The van der Waals surface area contributed by atoms with E-state index in [9.17, 15) is 13.7 Å². The summed E-state index contributed by atoms with van der Waals surface area (Å²) < 4.78 is 26.2. The van der Waals surface area contributed by atoms with Crippen LogP contribution in [0, 0.1) is 18.3 Å². The minimum absolute atomic E-state index is 0.386. The van der Waals surface area contributed by atoms with Crippen LogP contribution >= 0.6 is 11.8 Å². The van der Waals surface area contributed by atoms with E-state index in [-0.39, 0.29) is 0 Å². The molecule has 0 radical (unpaired) electrons. The maximum Gasteiger partial charge on any atom is 0.325 e. The summed E-state index contributed by atoms with van der Waals surface area (Å²) in [5, 5.41) is 13.3. The molecule has 0 unspecified atom stereocenters. The first-order valence-electron chi connectivity index (χ1n) is 5.93. The fraction of sp³-hybridized carbons (Fsp3) is 0.143. The lowest BCUT2D eigenvalue weighted by molar-refractivity contribution is 0.345. The molecular formula is C14H12N2O3S2. The Hall–Kier alpha value is -2.04. The van der Waals surface area contributed by atoms with Crippen LogP contribution in [0.2, 0.25) is 0 Å². The van der Waals surface area contributed by atoms with Gasteiger partial charge in [0.1, 0.15) is 11.1 Å². The topological polar surface area (TPSA) is 79.5 Å². The van der Waals surface area contributed by atoms with E-state index in [1.807, 2.05) is 31.2 Å². The lowest BCUT2D eigenvalue weighted by atomic mass is 10.0. The summed E-state index contributed by atoms with van der Waals surface area (Å²) in [6.45, 7) is 1.93. The quantitative estimate of drug-likeness (QED) is 0.632. The second-order valence-corrected chi connectivity index (χ2v) is 6.93. The normalized spacial score (nSPS) is 18.6. The van der Waals surface area contributed by atoms with Crippen LogP contribution in [0.5, 0.6) is 0 Å². The number of thioether (sulfide) groups is 1. The van der Waals surface area contributed by atoms with Gasteiger partial charge in [0.25, 0.3) is 0 Å². The molecule has 5 nitrogen and oxygen atoms in total. The van der Waals surface area contributed by atoms with Gasteiger partial charge in [-0.1, -0.05) is 41.2 Å². The van der Waals surface area contributed by atoms with Crippen LogP contribution in [-0.2, 0) is 14.4 Å². The highest BCUT2D eigenvalue weighted by Crippen LogP contribution is 2.34. The molecule has 0 saturated heterocycles. The Bertz CT molecular complexity index is 800. The second-order valence-electron chi connectivity index (χ2n) is 4.31. The highest BCUT2D eigenvalue weighted by Gasteiger charge is 2.17. The number of rotatable bonds is 3. The van der Waals surface area contributed by atoms with E-state index >= 15 is 0 Å². The molecule has 0 N–H and O–H groups in total. The molecule has 0 amide bonds. The van der Waals surface area contributed by atoms with Gasteiger partial charge in [-0.05, 0) is 30.2 Å². The molecule has 108 valence electrons. The number of nitriles is 1. The summed E-state index contributed by atoms with van der Waals surface area (Å²) in [5.74, 6) is 0. The first-order chi connectivity index (χ1) is 9.90. The molecule has 1 aliphatic rings. The van der Waals surface area contributed by atoms with Crippen molar-refractivity contribution < 1.29 is 12.7 Å². The summed E-state index contributed by atoms with van der Waals surface area (Å²) in [6, 6.07) is 9.76. The van der Waals surface area contributed by atoms with E-state index in [0.717, 1.165) is 17.4 Å². The van der Waals surface area contributed by atoms with Gasteiger partial charge in [0.15, 0.2) is 0 Å². The zero-order valence-corrected chi connectivity index (χ0v) is 13.0. The van der Waals surface area contributed by atoms with E-state index in [4.69, 9.17) is 0 Å².